The quantitative estimate of drug-likeness (QED) is 0.736. The number of carbonyl (C=O) groups excluding carboxylic acids is 1. The summed E-state index contributed by atoms with van der Waals surface area (Å²) < 4.78 is 0. The van der Waals surface area contributed by atoms with Crippen molar-refractivity contribution < 1.29 is 4.79 Å². The predicted octanol–water partition coefficient (Wildman–Crippen LogP) is 2.45. The molecule has 1 aromatic carbocycles. The van der Waals surface area contributed by atoms with E-state index in [1.807, 2.05) is 24.3 Å². The van der Waals surface area contributed by atoms with Crippen LogP contribution < -0.4 is 10.2 Å². The van der Waals surface area contributed by atoms with Gasteiger partial charge in [-0.2, -0.15) is 5.26 Å². The lowest BCUT2D eigenvalue weighted by Crippen LogP contribution is -2.49. The molecule has 0 radical (unpaired) electrons. The Bertz CT molecular complexity index is 1020. The molecule has 1 amide bonds. The summed E-state index contributed by atoms with van der Waals surface area (Å²) in [5.41, 5.74) is 1.93. The van der Waals surface area contributed by atoms with E-state index in [2.05, 4.69) is 31.5 Å². The van der Waals surface area contributed by atoms with Gasteiger partial charge in [-0.1, -0.05) is 6.07 Å². The first-order valence-corrected chi connectivity index (χ1v) is 9.28. The van der Waals surface area contributed by atoms with Crippen molar-refractivity contribution in [2.24, 2.45) is 0 Å². The number of pyridine rings is 1. The molecule has 2 aromatic heterocycles. The number of nitrogens with zero attached hydrogens (tertiary/aromatic N) is 6. The number of nitriles is 1. The molecule has 1 fully saturated rings. The molecule has 3 heterocycles. The second kappa shape index (κ2) is 8.35. The van der Waals surface area contributed by atoms with Crippen molar-refractivity contribution >= 4 is 23.2 Å². The lowest BCUT2D eigenvalue weighted by molar-refractivity contribution is 0.0746. The maximum Gasteiger partial charge on any atom is 0.254 e. The minimum atomic E-state index is -0.0512. The number of benzene rings is 1. The smallest absolute Gasteiger partial charge is 0.254 e. The fourth-order valence-corrected chi connectivity index (χ4v) is 3.19. The fourth-order valence-electron chi connectivity index (χ4n) is 3.19. The number of rotatable bonds is 4. The zero-order valence-electron chi connectivity index (χ0n) is 15.7. The van der Waals surface area contributed by atoms with E-state index in [1.165, 1.54) is 0 Å². The first-order chi connectivity index (χ1) is 14.2. The van der Waals surface area contributed by atoms with E-state index < -0.39 is 0 Å². The zero-order chi connectivity index (χ0) is 20.1. The van der Waals surface area contributed by atoms with Gasteiger partial charge in [0, 0.05) is 49.8 Å². The second-order valence-electron chi connectivity index (χ2n) is 6.61. The van der Waals surface area contributed by atoms with Crippen LogP contribution in [0.1, 0.15) is 15.9 Å². The van der Waals surface area contributed by atoms with Gasteiger partial charge < -0.3 is 15.1 Å². The van der Waals surface area contributed by atoms with E-state index in [-0.39, 0.29) is 5.91 Å². The number of anilines is 3. The molecule has 144 valence electrons. The van der Waals surface area contributed by atoms with Crippen LogP contribution >= 0.6 is 0 Å². The minimum absolute atomic E-state index is 0.0512. The highest BCUT2D eigenvalue weighted by Gasteiger charge is 2.23. The molecular weight excluding hydrogens is 366 g/mol. The summed E-state index contributed by atoms with van der Waals surface area (Å²) in [6, 6.07) is 16.4. The van der Waals surface area contributed by atoms with Crippen LogP contribution in [0, 0.1) is 11.3 Å². The first kappa shape index (κ1) is 18.4. The second-order valence-corrected chi connectivity index (χ2v) is 6.61. The van der Waals surface area contributed by atoms with Crippen LogP contribution in [0.25, 0.3) is 0 Å². The van der Waals surface area contributed by atoms with Gasteiger partial charge in [-0.15, -0.1) is 10.2 Å². The highest BCUT2D eigenvalue weighted by Crippen LogP contribution is 2.18. The van der Waals surface area contributed by atoms with Gasteiger partial charge in [-0.3, -0.25) is 9.78 Å². The molecule has 0 bridgehead atoms. The average Bonchev–Trinajstić information content (AvgIpc) is 2.80. The molecule has 8 heteroatoms. The van der Waals surface area contributed by atoms with Crippen LogP contribution in [0.2, 0.25) is 0 Å². The highest BCUT2D eigenvalue weighted by atomic mass is 16.2. The average molecular weight is 385 g/mol. The van der Waals surface area contributed by atoms with Crippen molar-refractivity contribution in [3.63, 3.8) is 0 Å². The third kappa shape index (κ3) is 4.30. The van der Waals surface area contributed by atoms with Crippen molar-refractivity contribution in [2.45, 2.75) is 0 Å². The van der Waals surface area contributed by atoms with Gasteiger partial charge >= 0.3 is 0 Å². The standard InChI is InChI=1S/C21H19N7O/c22-15-16-2-1-3-17(14-16)21(29)28-12-10-27(11-13-28)20-5-4-19(25-26-20)24-18-6-8-23-9-7-18/h1-9,14H,10-13H2,(H,23,24,25). The Morgan fingerprint density at radius 2 is 1.79 bits per heavy atom. The SMILES string of the molecule is N#Cc1cccc(C(=O)N2CCN(c3ccc(Nc4ccncc4)nn3)CC2)c1. The monoisotopic (exact) mass is 385 g/mol. The Labute approximate surface area is 168 Å². The number of piperazine rings is 1. The van der Waals surface area contributed by atoms with Crippen molar-refractivity contribution in [3.05, 3.63) is 72.1 Å². The maximum atomic E-state index is 12.7. The van der Waals surface area contributed by atoms with Crippen molar-refractivity contribution in [1.82, 2.24) is 20.1 Å². The normalized spacial score (nSPS) is 13.6. The van der Waals surface area contributed by atoms with E-state index in [0.29, 0.717) is 43.1 Å². The first-order valence-electron chi connectivity index (χ1n) is 9.28. The Morgan fingerprint density at radius 3 is 2.48 bits per heavy atom. The van der Waals surface area contributed by atoms with Crippen LogP contribution in [-0.2, 0) is 0 Å². The van der Waals surface area contributed by atoms with Gasteiger partial charge in [-0.05, 0) is 42.5 Å². The molecule has 1 saturated heterocycles. The molecule has 3 aromatic rings. The zero-order valence-corrected chi connectivity index (χ0v) is 15.7. The van der Waals surface area contributed by atoms with E-state index in [0.717, 1.165) is 11.5 Å². The Kier molecular flexibility index (Phi) is 5.29. The minimum Gasteiger partial charge on any atom is -0.352 e. The van der Waals surface area contributed by atoms with Gasteiger partial charge in [-0.25, -0.2) is 0 Å². The topological polar surface area (TPSA) is 98.0 Å². The van der Waals surface area contributed by atoms with Gasteiger partial charge in [0.25, 0.3) is 5.91 Å². The fraction of sp³-hybridized carbons (Fsp3) is 0.190. The van der Waals surface area contributed by atoms with Gasteiger partial charge in [0.15, 0.2) is 11.6 Å². The van der Waals surface area contributed by atoms with E-state index in [9.17, 15) is 4.79 Å². The van der Waals surface area contributed by atoms with Crippen molar-refractivity contribution in [1.29, 1.82) is 5.26 Å². The molecule has 0 spiro atoms. The summed E-state index contributed by atoms with van der Waals surface area (Å²) in [6.07, 6.45) is 3.42. The summed E-state index contributed by atoms with van der Waals surface area (Å²) in [5, 5.41) is 20.7. The Balaban J connectivity index is 1.35. The Hall–Kier alpha value is -3.99. The lowest BCUT2D eigenvalue weighted by Gasteiger charge is -2.35. The number of carbonyl (C=O) groups is 1. The molecule has 29 heavy (non-hydrogen) atoms. The molecule has 0 unspecified atom stereocenters. The van der Waals surface area contributed by atoms with Crippen molar-refractivity contribution in [3.8, 4) is 6.07 Å². The maximum absolute atomic E-state index is 12.7. The molecule has 1 aliphatic heterocycles. The van der Waals surface area contributed by atoms with Gasteiger partial charge in [0.1, 0.15) is 0 Å². The van der Waals surface area contributed by atoms with Crippen LogP contribution in [-0.4, -0.2) is 52.2 Å². The summed E-state index contributed by atoms with van der Waals surface area (Å²) in [5.74, 6) is 1.39. The van der Waals surface area contributed by atoms with Crippen LogP contribution in [0.4, 0.5) is 17.3 Å². The highest BCUT2D eigenvalue weighted by molar-refractivity contribution is 5.94. The van der Waals surface area contributed by atoms with Crippen molar-refractivity contribution in [2.75, 3.05) is 36.4 Å². The number of nitrogens with one attached hydrogen (secondary N) is 1. The van der Waals surface area contributed by atoms with Crippen LogP contribution in [0.5, 0.6) is 0 Å². The number of aromatic nitrogens is 3. The van der Waals surface area contributed by atoms with Gasteiger partial charge in [0.05, 0.1) is 11.6 Å². The molecular formula is C21H19N7O. The van der Waals surface area contributed by atoms with E-state index in [4.69, 9.17) is 5.26 Å². The Morgan fingerprint density at radius 1 is 1.00 bits per heavy atom. The molecule has 4 rings (SSSR count). The molecule has 1 aliphatic rings. The molecule has 0 aliphatic carbocycles. The summed E-state index contributed by atoms with van der Waals surface area (Å²) >= 11 is 0. The number of amides is 1. The van der Waals surface area contributed by atoms with E-state index >= 15 is 0 Å². The summed E-state index contributed by atoms with van der Waals surface area (Å²) in [7, 11) is 0. The van der Waals surface area contributed by atoms with E-state index in [1.54, 1.807) is 41.6 Å². The lowest BCUT2D eigenvalue weighted by atomic mass is 10.1. The third-order valence-corrected chi connectivity index (χ3v) is 4.73. The molecule has 1 N–H and O–H groups in total. The largest absolute Gasteiger partial charge is 0.352 e. The van der Waals surface area contributed by atoms with Crippen LogP contribution in [0.3, 0.4) is 0 Å². The van der Waals surface area contributed by atoms with Crippen LogP contribution in [0.15, 0.2) is 60.9 Å². The summed E-state index contributed by atoms with van der Waals surface area (Å²) in [6.45, 7) is 2.54. The predicted molar refractivity (Wildman–Crippen MR) is 109 cm³/mol. The molecule has 0 saturated carbocycles. The summed E-state index contributed by atoms with van der Waals surface area (Å²) in [4.78, 5) is 20.6. The number of hydrogen-bond acceptors (Lipinski definition) is 7. The number of hydrogen-bond donors (Lipinski definition) is 1. The van der Waals surface area contributed by atoms with Gasteiger partial charge in [0.2, 0.25) is 0 Å². The molecule has 8 nitrogen and oxygen atoms in total. The molecule has 0 atom stereocenters. The third-order valence-electron chi connectivity index (χ3n) is 4.73.